The van der Waals surface area contributed by atoms with Crippen LogP contribution in [0.1, 0.15) is 43.8 Å². The zero-order valence-electron chi connectivity index (χ0n) is 16.4. The molecule has 2 aromatic rings. The van der Waals surface area contributed by atoms with Crippen molar-refractivity contribution in [2.75, 3.05) is 13.7 Å². The van der Waals surface area contributed by atoms with Gasteiger partial charge in [0.15, 0.2) is 5.75 Å². The minimum atomic E-state index is -2.06. The molecule has 0 unspecified atom stereocenters. The number of benzene rings is 1. The summed E-state index contributed by atoms with van der Waals surface area (Å²) in [5.74, 6) is 1.37. The van der Waals surface area contributed by atoms with E-state index in [0.29, 0.717) is 40.4 Å². The lowest BCUT2D eigenvalue weighted by Gasteiger charge is -2.36. The first-order valence-corrected chi connectivity index (χ1v) is 11.4. The highest BCUT2D eigenvalue weighted by atomic mass is 28.4. The third-order valence-electron chi connectivity index (χ3n) is 4.80. The molecule has 0 aliphatic heterocycles. The van der Waals surface area contributed by atoms with Gasteiger partial charge in [0.2, 0.25) is 0 Å². The van der Waals surface area contributed by atoms with Gasteiger partial charge in [0.1, 0.15) is 22.7 Å². The molecule has 0 saturated carbocycles. The van der Waals surface area contributed by atoms with E-state index in [4.69, 9.17) is 18.3 Å². The summed E-state index contributed by atoms with van der Waals surface area (Å²) in [6, 6.07) is 3.60. The van der Waals surface area contributed by atoms with Crippen LogP contribution in [-0.2, 0) is 4.74 Å². The summed E-state index contributed by atoms with van der Waals surface area (Å²) in [5, 5.41) is 0.731. The van der Waals surface area contributed by atoms with Crippen molar-refractivity contribution < 1.29 is 23.1 Å². The number of hydrogen-bond donors (Lipinski definition) is 0. The summed E-state index contributed by atoms with van der Waals surface area (Å²) in [7, 11) is -0.462. The van der Waals surface area contributed by atoms with Crippen LogP contribution in [0.25, 0.3) is 11.0 Å². The second-order valence-electron chi connectivity index (χ2n) is 7.62. The molecule has 1 heterocycles. The van der Waals surface area contributed by atoms with E-state index in [1.54, 1.807) is 27.0 Å². The van der Waals surface area contributed by atoms with Crippen LogP contribution in [0.4, 0.5) is 0 Å². The van der Waals surface area contributed by atoms with Crippen LogP contribution in [0.15, 0.2) is 16.5 Å². The molecule has 6 heteroatoms. The lowest BCUT2D eigenvalue weighted by atomic mass is 10.1. The second kappa shape index (κ2) is 6.75. The predicted octanol–water partition coefficient (Wildman–Crippen LogP) is 5.31. The highest BCUT2D eigenvalue weighted by molar-refractivity contribution is 6.74. The Morgan fingerprint density at radius 3 is 2.36 bits per heavy atom. The van der Waals surface area contributed by atoms with Gasteiger partial charge in [-0.15, -0.1) is 0 Å². The van der Waals surface area contributed by atoms with E-state index >= 15 is 0 Å². The molecule has 1 aromatic heterocycles. The zero-order chi connectivity index (χ0) is 19.0. The molecule has 2 rings (SSSR count). The predicted molar refractivity (Wildman–Crippen MR) is 101 cm³/mol. The van der Waals surface area contributed by atoms with Crippen LogP contribution in [0.5, 0.6) is 11.5 Å². The molecular weight excluding hydrogens is 336 g/mol. The Bertz CT molecular complexity index is 783. The number of rotatable bonds is 5. The van der Waals surface area contributed by atoms with Crippen LogP contribution in [0.3, 0.4) is 0 Å². The molecule has 5 nitrogen and oxygen atoms in total. The van der Waals surface area contributed by atoms with Gasteiger partial charge in [-0.1, -0.05) is 20.8 Å². The largest absolute Gasteiger partial charge is 0.541 e. The fraction of sp³-hybridized carbons (Fsp3) is 0.526. The third kappa shape index (κ3) is 3.68. The number of carbonyl (C=O) groups is 1. The number of fused-ring (bicyclic) bond motifs is 1. The maximum atomic E-state index is 12.3. The number of carbonyl (C=O) groups excluding carboxylic acids is 1. The van der Waals surface area contributed by atoms with Crippen LogP contribution in [-0.4, -0.2) is 28.0 Å². The quantitative estimate of drug-likeness (QED) is 0.531. The normalized spacial score (nSPS) is 12.3. The Morgan fingerprint density at radius 2 is 1.84 bits per heavy atom. The minimum Gasteiger partial charge on any atom is -0.541 e. The van der Waals surface area contributed by atoms with Crippen LogP contribution in [0, 0.1) is 6.92 Å². The lowest BCUT2D eigenvalue weighted by Crippen LogP contribution is -2.43. The van der Waals surface area contributed by atoms with E-state index in [-0.39, 0.29) is 11.0 Å². The first kappa shape index (κ1) is 19.4. The minimum absolute atomic E-state index is 0.0449. The van der Waals surface area contributed by atoms with Crippen LogP contribution < -0.4 is 9.16 Å². The van der Waals surface area contributed by atoms with Crippen molar-refractivity contribution in [3.05, 3.63) is 23.5 Å². The molecule has 0 spiro atoms. The number of aryl methyl sites for hydroxylation is 1. The number of hydrogen-bond acceptors (Lipinski definition) is 5. The van der Waals surface area contributed by atoms with Gasteiger partial charge in [0, 0.05) is 11.5 Å². The molecule has 0 atom stereocenters. The molecule has 0 saturated heterocycles. The van der Waals surface area contributed by atoms with Crippen molar-refractivity contribution in [2.45, 2.75) is 52.8 Å². The van der Waals surface area contributed by atoms with Gasteiger partial charge < -0.3 is 18.3 Å². The van der Waals surface area contributed by atoms with Crippen molar-refractivity contribution in [2.24, 2.45) is 0 Å². The maximum Gasteiger partial charge on any atom is 0.342 e. The third-order valence-corrected chi connectivity index (χ3v) is 9.14. The van der Waals surface area contributed by atoms with E-state index < -0.39 is 8.32 Å². The molecule has 1 aromatic carbocycles. The van der Waals surface area contributed by atoms with E-state index in [0.717, 1.165) is 0 Å². The SMILES string of the molecule is CCOC(=O)c1c(C)oc2cc(OC)c(O[Si](C)(C)C(C)(C)C)cc12. The van der Waals surface area contributed by atoms with E-state index in [2.05, 4.69) is 33.9 Å². The number of ether oxygens (including phenoxy) is 2. The molecule has 0 aliphatic carbocycles. The second-order valence-corrected chi connectivity index (χ2v) is 12.3. The van der Waals surface area contributed by atoms with Crippen molar-refractivity contribution in [3.63, 3.8) is 0 Å². The maximum absolute atomic E-state index is 12.3. The number of methoxy groups -OCH3 is 1. The summed E-state index contributed by atoms with van der Waals surface area (Å²) < 4.78 is 22.8. The number of esters is 1. The molecule has 0 radical (unpaired) electrons. The van der Waals surface area contributed by atoms with Gasteiger partial charge in [0.25, 0.3) is 8.32 Å². The summed E-state index contributed by atoms with van der Waals surface area (Å²) in [6.07, 6.45) is 0. The summed E-state index contributed by atoms with van der Waals surface area (Å²) in [6.45, 7) is 14.7. The number of furan rings is 1. The Morgan fingerprint density at radius 1 is 1.20 bits per heavy atom. The molecule has 138 valence electrons. The zero-order valence-corrected chi connectivity index (χ0v) is 17.4. The Hall–Kier alpha value is -1.95. The molecule has 0 aliphatic rings. The fourth-order valence-electron chi connectivity index (χ4n) is 2.35. The smallest absolute Gasteiger partial charge is 0.342 e. The summed E-state index contributed by atoms with van der Waals surface area (Å²) >= 11 is 0. The molecular formula is C19H28O5Si. The highest BCUT2D eigenvalue weighted by Crippen LogP contribution is 2.42. The standard InChI is InChI=1S/C19H28O5Si/c1-9-22-18(20)17-12(2)23-14-11-15(21-6)16(10-13(14)17)24-25(7,8)19(3,4)5/h10-11H,9H2,1-8H3. The van der Waals surface area contributed by atoms with Gasteiger partial charge in [-0.3, -0.25) is 0 Å². The molecule has 0 bridgehead atoms. The molecule has 0 N–H and O–H groups in total. The summed E-state index contributed by atoms with van der Waals surface area (Å²) in [4.78, 5) is 12.3. The van der Waals surface area contributed by atoms with Crippen molar-refractivity contribution in [1.29, 1.82) is 0 Å². The van der Waals surface area contributed by atoms with Crippen LogP contribution >= 0.6 is 0 Å². The highest BCUT2D eigenvalue weighted by Gasteiger charge is 2.39. The van der Waals surface area contributed by atoms with Crippen molar-refractivity contribution in [1.82, 2.24) is 0 Å². The molecule has 25 heavy (non-hydrogen) atoms. The fourth-order valence-corrected chi connectivity index (χ4v) is 3.37. The van der Waals surface area contributed by atoms with Crippen molar-refractivity contribution in [3.8, 4) is 11.5 Å². The van der Waals surface area contributed by atoms with Gasteiger partial charge in [-0.2, -0.15) is 0 Å². The van der Waals surface area contributed by atoms with Crippen molar-refractivity contribution >= 4 is 25.3 Å². The topological polar surface area (TPSA) is 57.9 Å². The molecule has 0 fully saturated rings. The van der Waals surface area contributed by atoms with Gasteiger partial charge in [-0.05, 0) is 38.0 Å². The lowest BCUT2D eigenvalue weighted by molar-refractivity contribution is 0.0526. The first-order chi connectivity index (χ1) is 11.5. The van der Waals surface area contributed by atoms with Gasteiger partial charge in [0.05, 0.1) is 13.7 Å². The van der Waals surface area contributed by atoms with E-state index in [9.17, 15) is 4.79 Å². The Kier molecular flexibility index (Phi) is 5.23. The van der Waals surface area contributed by atoms with Gasteiger partial charge in [-0.25, -0.2) is 4.79 Å². The average Bonchev–Trinajstić information content (AvgIpc) is 2.80. The first-order valence-electron chi connectivity index (χ1n) is 8.49. The van der Waals surface area contributed by atoms with E-state index in [1.165, 1.54) is 0 Å². The monoisotopic (exact) mass is 364 g/mol. The van der Waals surface area contributed by atoms with Gasteiger partial charge >= 0.3 is 5.97 Å². The van der Waals surface area contributed by atoms with E-state index in [1.807, 2.05) is 6.07 Å². The summed E-state index contributed by atoms with van der Waals surface area (Å²) in [5.41, 5.74) is 1.03. The Labute approximate surface area is 150 Å². The van der Waals surface area contributed by atoms with Crippen LogP contribution in [0.2, 0.25) is 18.1 Å². The average molecular weight is 365 g/mol. The molecule has 0 amide bonds. The Balaban J connectivity index is 2.60.